The van der Waals surface area contributed by atoms with Crippen molar-refractivity contribution in [3.8, 4) is 22.9 Å². The Kier molecular flexibility index (Phi) is 5.51. The van der Waals surface area contributed by atoms with Gasteiger partial charge in [-0.3, -0.25) is 0 Å². The topological polar surface area (TPSA) is 50.1 Å². The lowest BCUT2D eigenvalue weighted by Crippen LogP contribution is -2.15. The van der Waals surface area contributed by atoms with Gasteiger partial charge in [-0.25, -0.2) is 18.0 Å². The van der Waals surface area contributed by atoms with E-state index >= 15 is 4.39 Å². The highest BCUT2D eigenvalue weighted by Crippen LogP contribution is 2.40. The quantitative estimate of drug-likeness (QED) is 0.289. The smallest absolute Gasteiger partial charge is 0.349 e. The largest absolute Gasteiger partial charge is 0.423 e. The maximum absolute atomic E-state index is 15.2. The number of nitriles is 1. The van der Waals surface area contributed by atoms with Crippen LogP contribution in [0.4, 0.5) is 13.2 Å². The Balaban J connectivity index is 1.65. The lowest BCUT2D eigenvalue weighted by molar-refractivity contribution is 0.0724. The van der Waals surface area contributed by atoms with Crippen LogP contribution in [0.5, 0.6) is 5.75 Å². The van der Waals surface area contributed by atoms with Gasteiger partial charge in [0.05, 0.1) is 5.56 Å². The lowest BCUT2D eigenvalue weighted by atomic mass is 10.00. The van der Waals surface area contributed by atoms with Crippen molar-refractivity contribution in [3.05, 3.63) is 87.7 Å². The van der Waals surface area contributed by atoms with Crippen molar-refractivity contribution in [2.75, 3.05) is 0 Å². The number of carbonyl (C=O) groups is 1. The Morgan fingerprint density at radius 3 is 2.58 bits per heavy atom. The van der Waals surface area contributed by atoms with E-state index in [-0.39, 0.29) is 23.3 Å². The first-order valence-electron chi connectivity index (χ1n) is 9.97. The molecular weight excluding hydrogens is 403 g/mol. The van der Waals surface area contributed by atoms with E-state index in [2.05, 4.69) is 6.92 Å². The molecule has 31 heavy (non-hydrogen) atoms. The Morgan fingerprint density at radius 1 is 1.06 bits per heavy atom. The van der Waals surface area contributed by atoms with Gasteiger partial charge in [-0.2, -0.15) is 5.26 Å². The molecule has 0 saturated heterocycles. The summed E-state index contributed by atoms with van der Waals surface area (Å²) in [7, 11) is 0. The molecule has 0 unspecified atom stereocenters. The van der Waals surface area contributed by atoms with Crippen molar-refractivity contribution in [2.24, 2.45) is 0 Å². The first-order valence-corrected chi connectivity index (χ1v) is 9.97. The van der Waals surface area contributed by atoms with Gasteiger partial charge in [-0.15, -0.1) is 0 Å². The predicted molar refractivity (Wildman–Crippen MR) is 109 cm³/mol. The van der Waals surface area contributed by atoms with Crippen LogP contribution in [-0.2, 0) is 12.8 Å². The van der Waals surface area contributed by atoms with E-state index in [1.807, 2.05) is 18.2 Å². The van der Waals surface area contributed by atoms with Gasteiger partial charge in [0.2, 0.25) is 0 Å². The van der Waals surface area contributed by atoms with E-state index < -0.39 is 29.0 Å². The van der Waals surface area contributed by atoms with Gasteiger partial charge < -0.3 is 4.74 Å². The molecule has 3 nitrogen and oxygen atoms in total. The molecule has 0 heterocycles. The molecule has 156 valence electrons. The summed E-state index contributed by atoms with van der Waals surface area (Å²) < 4.78 is 48.7. The summed E-state index contributed by atoms with van der Waals surface area (Å²) >= 11 is 0. The molecule has 0 atom stereocenters. The second-order valence-corrected chi connectivity index (χ2v) is 7.49. The van der Waals surface area contributed by atoms with Gasteiger partial charge >= 0.3 is 5.97 Å². The molecule has 0 N–H and O–H groups in total. The van der Waals surface area contributed by atoms with Crippen LogP contribution in [0, 0.1) is 28.8 Å². The molecular formula is C25H18F3NO2. The normalized spacial score (nSPS) is 11.6. The van der Waals surface area contributed by atoms with E-state index in [9.17, 15) is 13.6 Å². The van der Waals surface area contributed by atoms with Crippen molar-refractivity contribution >= 4 is 5.97 Å². The highest BCUT2D eigenvalue weighted by molar-refractivity contribution is 5.94. The van der Waals surface area contributed by atoms with Crippen LogP contribution in [-0.4, -0.2) is 5.97 Å². The molecule has 1 aliphatic carbocycles. The van der Waals surface area contributed by atoms with Crippen LogP contribution in [0.3, 0.4) is 0 Å². The van der Waals surface area contributed by atoms with Crippen molar-refractivity contribution in [3.63, 3.8) is 0 Å². The standard InChI is InChI=1S/C25H18F3NO2/c1-2-3-4-14-5-8-18-16(9-14)10-20-19(18)12-22(27)23(24(20)28)25(30)31-17-7-6-15(13-29)21(26)11-17/h5-9,11-12H,2-4,10H2,1H3. The molecule has 0 bridgehead atoms. The first kappa shape index (κ1) is 20.7. The molecule has 1 aliphatic rings. The number of benzene rings is 3. The third-order valence-electron chi connectivity index (χ3n) is 5.44. The van der Waals surface area contributed by atoms with Crippen LogP contribution in [0.1, 0.15) is 52.4 Å². The monoisotopic (exact) mass is 421 g/mol. The van der Waals surface area contributed by atoms with Gasteiger partial charge in [0.1, 0.15) is 34.8 Å². The number of esters is 1. The molecule has 0 radical (unpaired) electrons. The molecule has 0 fully saturated rings. The zero-order valence-corrected chi connectivity index (χ0v) is 16.8. The number of carbonyl (C=O) groups excluding carboxylic acids is 1. The Labute approximate surface area is 177 Å². The molecule has 4 rings (SSSR count). The number of aryl methyl sites for hydroxylation is 1. The minimum atomic E-state index is -1.26. The number of ether oxygens (including phenoxy) is 1. The fraction of sp³-hybridized carbons (Fsp3) is 0.200. The second-order valence-electron chi connectivity index (χ2n) is 7.49. The zero-order valence-electron chi connectivity index (χ0n) is 16.8. The minimum Gasteiger partial charge on any atom is -0.423 e. The lowest BCUT2D eigenvalue weighted by Gasteiger charge is -2.10. The minimum absolute atomic E-state index is 0.231. The molecule has 0 aromatic heterocycles. The molecule has 3 aromatic carbocycles. The molecule has 0 aliphatic heterocycles. The summed E-state index contributed by atoms with van der Waals surface area (Å²) in [5.74, 6) is -4.41. The average molecular weight is 421 g/mol. The van der Waals surface area contributed by atoms with Gasteiger partial charge in [-0.1, -0.05) is 31.5 Å². The Hall–Kier alpha value is -3.59. The van der Waals surface area contributed by atoms with E-state index in [0.29, 0.717) is 5.56 Å². The van der Waals surface area contributed by atoms with Gasteiger partial charge in [-0.05, 0) is 53.3 Å². The summed E-state index contributed by atoms with van der Waals surface area (Å²) in [6, 6.07) is 11.8. The Morgan fingerprint density at radius 2 is 1.87 bits per heavy atom. The summed E-state index contributed by atoms with van der Waals surface area (Å²) in [6.45, 7) is 2.11. The highest BCUT2D eigenvalue weighted by Gasteiger charge is 2.30. The molecule has 3 aromatic rings. The van der Waals surface area contributed by atoms with E-state index in [1.165, 1.54) is 6.07 Å². The van der Waals surface area contributed by atoms with Crippen molar-refractivity contribution in [1.29, 1.82) is 5.26 Å². The highest BCUT2D eigenvalue weighted by atomic mass is 19.1. The zero-order chi connectivity index (χ0) is 22.1. The first-order chi connectivity index (χ1) is 14.9. The predicted octanol–water partition coefficient (Wildman–Crippen LogP) is 6.11. The average Bonchev–Trinajstić information content (AvgIpc) is 3.10. The fourth-order valence-electron chi connectivity index (χ4n) is 3.85. The number of hydrogen-bond acceptors (Lipinski definition) is 3. The van der Waals surface area contributed by atoms with Crippen molar-refractivity contribution < 1.29 is 22.7 Å². The summed E-state index contributed by atoms with van der Waals surface area (Å²) in [4.78, 5) is 12.5. The van der Waals surface area contributed by atoms with E-state index in [4.69, 9.17) is 10.00 Å². The van der Waals surface area contributed by atoms with E-state index in [1.54, 1.807) is 6.07 Å². The molecule has 0 saturated carbocycles. The van der Waals surface area contributed by atoms with Crippen LogP contribution < -0.4 is 4.74 Å². The molecule has 0 amide bonds. The van der Waals surface area contributed by atoms with Crippen molar-refractivity contribution in [1.82, 2.24) is 0 Å². The Bertz CT molecular complexity index is 1240. The molecule has 0 spiro atoms. The third kappa shape index (κ3) is 3.79. The van der Waals surface area contributed by atoms with Gasteiger partial charge in [0.15, 0.2) is 0 Å². The maximum Gasteiger partial charge on any atom is 0.349 e. The van der Waals surface area contributed by atoms with E-state index in [0.717, 1.165) is 54.2 Å². The number of rotatable bonds is 5. The maximum atomic E-state index is 15.2. The number of halogens is 3. The fourth-order valence-corrected chi connectivity index (χ4v) is 3.85. The van der Waals surface area contributed by atoms with Crippen molar-refractivity contribution in [2.45, 2.75) is 32.6 Å². The number of unbranched alkanes of at least 4 members (excludes halogenated alkanes) is 1. The second kappa shape index (κ2) is 8.27. The number of nitrogens with zero attached hydrogens (tertiary/aromatic N) is 1. The van der Waals surface area contributed by atoms with Crippen LogP contribution in [0.25, 0.3) is 11.1 Å². The number of fused-ring (bicyclic) bond motifs is 3. The SMILES string of the molecule is CCCCc1ccc2c(c1)Cc1c-2cc(F)c(C(=O)Oc2ccc(C#N)c(F)c2)c1F. The van der Waals surface area contributed by atoms with Gasteiger partial charge in [0, 0.05) is 18.1 Å². The van der Waals surface area contributed by atoms with Gasteiger partial charge in [0.25, 0.3) is 0 Å². The number of hydrogen-bond donors (Lipinski definition) is 0. The summed E-state index contributed by atoms with van der Waals surface area (Å²) in [5, 5.41) is 8.77. The summed E-state index contributed by atoms with van der Waals surface area (Å²) in [6.07, 6.45) is 3.27. The van der Waals surface area contributed by atoms with Crippen LogP contribution >= 0.6 is 0 Å². The summed E-state index contributed by atoms with van der Waals surface area (Å²) in [5.41, 5.74) is 2.39. The molecule has 6 heteroatoms. The third-order valence-corrected chi connectivity index (χ3v) is 5.44. The van der Waals surface area contributed by atoms with Crippen LogP contribution in [0.2, 0.25) is 0 Å². The van der Waals surface area contributed by atoms with Crippen LogP contribution in [0.15, 0.2) is 42.5 Å².